The smallest absolute Gasteiger partial charge is 0.241 e. The van der Waals surface area contributed by atoms with E-state index in [0.717, 1.165) is 0 Å². The van der Waals surface area contributed by atoms with E-state index in [-0.39, 0.29) is 10.9 Å². The molecular weight excluding hydrogens is 282 g/mol. The molecule has 1 N–H and O–H groups in total. The van der Waals surface area contributed by atoms with Crippen molar-refractivity contribution in [1.82, 2.24) is 4.72 Å². The first-order valence-corrected chi connectivity index (χ1v) is 7.58. The first-order chi connectivity index (χ1) is 9.35. The summed E-state index contributed by atoms with van der Waals surface area (Å²) in [6.45, 7) is 3.74. The molecule has 0 bridgehead atoms. The van der Waals surface area contributed by atoms with Crippen molar-refractivity contribution in [2.45, 2.75) is 24.8 Å². The largest absolute Gasteiger partial charge is 0.493 e. The average molecular weight is 303 g/mol. The molecule has 0 saturated carbocycles. The van der Waals surface area contributed by atoms with Crippen LogP contribution in [0.4, 0.5) is 0 Å². The predicted octanol–water partition coefficient (Wildman–Crippen LogP) is 1.33. The van der Waals surface area contributed by atoms with Gasteiger partial charge in [0.2, 0.25) is 10.0 Å². The third-order valence-corrected chi connectivity index (χ3v) is 4.48. The summed E-state index contributed by atoms with van der Waals surface area (Å²) in [6.07, 6.45) is 0. The number of benzene rings is 1. The molecule has 1 rings (SSSR count). The zero-order valence-corrected chi connectivity index (χ0v) is 13.2. The van der Waals surface area contributed by atoms with Crippen LogP contribution in [-0.4, -0.2) is 42.4 Å². The van der Waals surface area contributed by atoms with E-state index in [0.29, 0.717) is 23.7 Å². The molecule has 6 nitrogen and oxygen atoms in total. The highest BCUT2D eigenvalue weighted by Crippen LogP contribution is 2.32. The Morgan fingerprint density at radius 2 is 1.70 bits per heavy atom. The predicted molar refractivity (Wildman–Crippen MR) is 75.9 cm³/mol. The van der Waals surface area contributed by atoms with Gasteiger partial charge in [-0.05, 0) is 25.5 Å². The number of methoxy groups -OCH3 is 3. The van der Waals surface area contributed by atoms with Crippen molar-refractivity contribution in [2.24, 2.45) is 0 Å². The maximum Gasteiger partial charge on any atom is 0.241 e. The number of nitrogens with one attached hydrogen (secondary N) is 1. The second-order valence-electron chi connectivity index (χ2n) is 4.45. The molecule has 114 valence electrons. The van der Waals surface area contributed by atoms with Crippen LogP contribution < -0.4 is 14.2 Å². The van der Waals surface area contributed by atoms with Gasteiger partial charge in [-0.15, -0.1) is 0 Å². The Bertz CT molecular complexity index is 556. The van der Waals surface area contributed by atoms with E-state index in [1.807, 2.05) is 0 Å². The van der Waals surface area contributed by atoms with Crippen LogP contribution in [0.2, 0.25) is 0 Å². The van der Waals surface area contributed by atoms with Gasteiger partial charge in [0.05, 0.1) is 25.7 Å². The number of hydrogen-bond donors (Lipinski definition) is 1. The van der Waals surface area contributed by atoms with Crippen molar-refractivity contribution >= 4 is 10.0 Å². The van der Waals surface area contributed by atoms with Gasteiger partial charge in [-0.2, -0.15) is 0 Å². The molecule has 0 unspecified atom stereocenters. The van der Waals surface area contributed by atoms with Crippen molar-refractivity contribution in [3.63, 3.8) is 0 Å². The molecule has 0 radical (unpaired) electrons. The minimum absolute atomic E-state index is 0.165. The molecule has 0 aliphatic heterocycles. The lowest BCUT2D eigenvalue weighted by atomic mass is 10.2. The van der Waals surface area contributed by atoms with E-state index >= 15 is 0 Å². The summed E-state index contributed by atoms with van der Waals surface area (Å²) < 4.78 is 42.4. The fourth-order valence-electron chi connectivity index (χ4n) is 1.86. The number of rotatable bonds is 7. The van der Waals surface area contributed by atoms with E-state index in [9.17, 15) is 8.42 Å². The Kier molecular flexibility index (Phi) is 5.79. The van der Waals surface area contributed by atoms with Crippen molar-refractivity contribution in [3.8, 4) is 11.5 Å². The van der Waals surface area contributed by atoms with Crippen LogP contribution in [0.1, 0.15) is 12.5 Å². The highest BCUT2D eigenvalue weighted by atomic mass is 32.2. The van der Waals surface area contributed by atoms with Gasteiger partial charge < -0.3 is 14.2 Å². The summed E-state index contributed by atoms with van der Waals surface area (Å²) in [7, 11) is 0.852. The van der Waals surface area contributed by atoms with Gasteiger partial charge in [-0.1, -0.05) is 0 Å². The van der Waals surface area contributed by atoms with Crippen molar-refractivity contribution in [1.29, 1.82) is 0 Å². The van der Waals surface area contributed by atoms with Crippen molar-refractivity contribution in [3.05, 3.63) is 17.7 Å². The fraction of sp³-hybridized carbons (Fsp3) is 0.538. The summed E-state index contributed by atoms with van der Waals surface area (Å²) in [5.41, 5.74) is 0.583. The van der Waals surface area contributed by atoms with Gasteiger partial charge in [0, 0.05) is 19.2 Å². The first kappa shape index (κ1) is 16.7. The summed E-state index contributed by atoms with van der Waals surface area (Å²) >= 11 is 0. The Labute approximate surface area is 120 Å². The molecule has 20 heavy (non-hydrogen) atoms. The Balaban J connectivity index is 3.18. The quantitative estimate of drug-likeness (QED) is 0.822. The normalized spacial score (nSPS) is 13.1. The number of hydrogen-bond acceptors (Lipinski definition) is 5. The van der Waals surface area contributed by atoms with Gasteiger partial charge >= 0.3 is 0 Å². The molecule has 0 aliphatic rings. The number of ether oxygens (including phenoxy) is 3. The molecule has 0 saturated heterocycles. The zero-order chi connectivity index (χ0) is 15.3. The molecule has 0 aliphatic carbocycles. The maximum atomic E-state index is 12.3. The maximum absolute atomic E-state index is 12.3. The minimum Gasteiger partial charge on any atom is -0.493 e. The van der Waals surface area contributed by atoms with Crippen LogP contribution in [0.5, 0.6) is 11.5 Å². The second kappa shape index (κ2) is 6.92. The average Bonchev–Trinajstić information content (AvgIpc) is 2.37. The number of aryl methyl sites for hydroxylation is 1. The SMILES string of the molecule is COC[C@@H](C)NS(=O)(=O)c1cc(OC)c(OC)cc1C. The lowest BCUT2D eigenvalue weighted by molar-refractivity contribution is 0.180. The molecule has 0 spiro atoms. The van der Waals surface area contributed by atoms with E-state index in [1.54, 1.807) is 19.9 Å². The molecule has 0 fully saturated rings. The van der Waals surface area contributed by atoms with Gasteiger partial charge in [0.15, 0.2) is 11.5 Å². The highest BCUT2D eigenvalue weighted by molar-refractivity contribution is 7.89. The van der Waals surface area contributed by atoms with Crippen LogP contribution in [0, 0.1) is 6.92 Å². The lowest BCUT2D eigenvalue weighted by Crippen LogP contribution is -2.35. The molecule has 0 amide bonds. The van der Waals surface area contributed by atoms with E-state index in [4.69, 9.17) is 14.2 Å². The third kappa shape index (κ3) is 3.84. The van der Waals surface area contributed by atoms with Crippen molar-refractivity contribution < 1.29 is 22.6 Å². The van der Waals surface area contributed by atoms with E-state index in [2.05, 4.69) is 4.72 Å². The van der Waals surface area contributed by atoms with Crippen LogP contribution in [0.25, 0.3) is 0 Å². The minimum atomic E-state index is -3.64. The first-order valence-electron chi connectivity index (χ1n) is 6.09. The summed E-state index contributed by atoms with van der Waals surface area (Å²) in [5, 5.41) is 0. The van der Waals surface area contributed by atoms with Gasteiger partial charge in [-0.25, -0.2) is 13.1 Å². The Hall–Kier alpha value is -1.31. The summed E-state index contributed by atoms with van der Waals surface area (Å²) in [5.74, 6) is 0.867. The standard InChI is InChI=1S/C13H21NO5S/c1-9-6-11(18-4)12(19-5)7-13(9)20(15,16)14-10(2)8-17-3/h6-7,10,14H,8H2,1-5H3/t10-/m1/s1. The summed E-state index contributed by atoms with van der Waals surface area (Å²) in [4.78, 5) is 0.165. The molecular formula is C13H21NO5S. The molecule has 0 aromatic heterocycles. The van der Waals surface area contributed by atoms with E-state index in [1.165, 1.54) is 27.4 Å². The zero-order valence-electron chi connectivity index (χ0n) is 12.4. The van der Waals surface area contributed by atoms with E-state index < -0.39 is 10.0 Å². The molecule has 7 heteroatoms. The molecule has 0 heterocycles. The molecule has 1 aromatic carbocycles. The van der Waals surface area contributed by atoms with Gasteiger partial charge in [0.1, 0.15) is 0 Å². The molecule has 1 atom stereocenters. The van der Waals surface area contributed by atoms with Crippen LogP contribution in [0.15, 0.2) is 17.0 Å². The van der Waals surface area contributed by atoms with Crippen LogP contribution >= 0.6 is 0 Å². The monoisotopic (exact) mass is 303 g/mol. The Morgan fingerprint density at radius 3 is 2.20 bits per heavy atom. The number of sulfonamides is 1. The Morgan fingerprint density at radius 1 is 1.15 bits per heavy atom. The highest BCUT2D eigenvalue weighted by Gasteiger charge is 2.22. The van der Waals surface area contributed by atoms with Gasteiger partial charge in [0.25, 0.3) is 0 Å². The molecule has 1 aromatic rings. The lowest BCUT2D eigenvalue weighted by Gasteiger charge is -2.16. The fourth-order valence-corrected chi connectivity index (χ4v) is 3.33. The summed E-state index contributed by atoms with van der Waals surface area (Å²) in [6, 6.07) is 2.77. The van der Waals surface area contributed by atoms with Crippen molar-refractivity contribution in [2.75, 3.05) is 27.9 Å². The topological polar surface area (TPSA) is 73.9 Å². The van der Waals surface area contributed by atoms with Gasteiger partial charge in [-0.3, -0.25) is 0 Å². The van der Waals surface area contributed by atoms with Crippen LogP contribution in [0.3, 0.4) is 0 Å². The van der Waals surface area contributed by atoms with Crippen LogP contribution in [-0.2, 0) is 14.8 Å². The second-order valence-corrected chi connectivity index (χ2v) is 6.13. The third-order valence-electron chi connectivity index (χ3n) is 2.74.